The molecule has 1 aliphatic heterocycles. The number of cyclic esters (lactones) is 1. The smallest absolute Gasteiger partial charge is 0.407 e. The van der Waals surface area contributed by atoms with Gasteiger partial charge in [-0.25, -0.2) is 4.79 Å². The predicted molar refractivity (Wildman–Crippen MR) is 54.0 cm³/mol. The van der Waals surface area contributed by atoms with E-state index in [0.29, 0.717) is 17.9 Å². The molecule has 1 N–H and O–H groups in total. The van der Waals surface area contributed by atoms with Crippen molar-refractivity contribution in [1.82, 2.24) is 5.32 Å². The number of carbonyl (C=O) groups excluding carboxylic acids is 1. The first-order chi connectivity index (χ1) is 6.57. The highest BCUT2D eigenvalue weighted by atomic mass is 16.6. The van der Waals surface area contributed by atoms with Gasteiger partial charge in [0.15, 0.2) is 0 Å². The van der Waals surface area contributed by atoms with E-state index < -0.39 is 0 Å². The molecule has 0 spiro atoms. The number of rotatable bonds is 1. The number of alkyl carbamates (subject to hydrolysis) is 1. The summed E-state index contributed by atoms with van der Waals surface area (Å²) in [5.41, 5.74) is 0.493. The van der Waals surface area contributed by atoms with Crippen LogP contribution in [0.3, 0.4) is 0 Å². The third-order valence-electron chi connectivity index (χ3n) is 3.62. The number of amides is 1. The van der Waals surface area contributed by atoms with Crippen molar-refractivity contribution in [3.8, 4) is 0 Å². The van der Waals surface area contributed by atoms with Gasteiger partial charge in [-0.15, -0.1) is 0 Å². The molecule has 1 aliphatic carbocycles. The molecule has 0 aromatic carbocycles. The van der Waals surface area contributed by atoms with Crippen molar-refractivity contribution in [2.24, 2.45) is 11.3 Å². The van der Waals surface area contributed by atoms with Crippen LogP contribution in [-0.2, 0) is 4.74 Å². The van der Waals surface area contributed by atoms with Gasteiger partial charge in [0.25, 0.3) is 0 Å². The molecule has 1 heterocycles. The lowest BCUT2D eigenvalue weighted by atomic mass is 9.71. The van der Waals surface area contributed by atoms with E-state index in [1.165, 1.54) is 25.7 Å². The molecule has 80 valence electrons. The Morgan fingerprint density at radius 1 is 1.36 bits per heavy atom. The van der Waals surface area contributed by atoms with Crippen LogP contribution in [0.2, 0.25) is 0 Å². The van der Waals surface area contributed by atoms with E-state index in [2.05, 4.69) is 19.2 Å². The molecule has 0 radical (unpaired) electrons. The molecule has 1 unspecified atom stereocenters. The van der Waals surface area contributed by atoms with Crippen molar-refractivity contribution in [2.75, 3.05) is 6.54 Å². The Bertz CT molecular complexity index is 227. The van der Waals surface area contributed by atoms with Crippen LogP contribution in [0, 0.1) is 11.3 Å². The van der Waals surface area contributed by atoms with Crippen LogP contribution in [-0.4, -0.2) is 18.7 Å². The molecule has 1 saturated carbocycles. The van der Waals surface area contributed by atoms with E-state index >= 15 is 0 Å². The van der Waals surface area contributed by atoms with Gasteiger partial charge in [-0.3, -0.25) is 0 Å². The second-order valence-electron chi connectivity index (χ2n) is 5.33. The molecule has 0 bridgehead atoms. The van der Waals surface area contributed by atoms with Crippen LogP contribution in [0.15, 0.2) is 0 Å². The number of carbonyl (C=O) groups is 1. The SMILES string of the molecule is CC1(C)CCC(C2CNC(=O)O2)CC1. The fourth-order valence-corrected chi connectivity index (χ4v) is 2.46. The van der Waals surface area contributed by atoms with Crippen LogP contribution in [0.4, 0.5) is 4.79 Å². The summed E-state index contributed by atoms with van der Waals surface area (Å²) >= 11 is 0. The topological polar surface area (TPSA) is 38.3 Å². The van der Waals surface area contributed by atoms with Crippen LogP contribution >= 0.6 is 0 Å². The quantitative estimate of drug-likeness (QED) is 0.700. The molecule has 1 atom stereocenters. The number of nitrogens with one attached hydrogen (secondary N) is 1. The zero-order valence-corrected chi connectivity index (χ0v) is 9.01. The first-order valence-corrected chi connectivity index (χ1v) is 5.51. The number of hydrogen-bond acceptors (Lipinski definition) is 2. The molecule has 2 aliphatic rings. The van der Waals surface area contributed by atoms with Crippen molar-refractivity contribution in [3.05, 3.63) is 0 Å². The third-order valence-corrected chi connectivity index (χ3v) is 3.62. The summed E-state index contributed by atoms with van der Waals surface area (Å²) in [5, 5.41) is 2.73. The normalized spacial score (nSPS) is 32.4. The highest BCUT2D eigenvalue weighted by Crippen LogP contribution is 2.40. The summed E-state index contributed by atoms with van der Waals surface area (Å²) in [4.78, 5) is 10.9. The molecule has 0 aromatic rings. The minimum atomic E-state index is -0.236. The lowest BCUT2D eigenvalue weighted by Gasteiger charge is -2.35. The molecule has 0 aromatic heterocycles. The number of hydrogen-bond donors (Lipinski definition) is 1. The second-order valence-corrected chi connectivity index (χ2v) is 5.33. The van der Waals surface area contributed by atoms with E-state index in [4.69, 9.17) is 4.74 Å². The van der Waals surface area contributed by atoms with E-state index in [9.17, 15) is 4.79 Å². The van der Waals surface area contributed by atoms with Gasteiger partial charge in [0.05, 0.1) is 6.54 Å². The average Bonchev–Trinajstić information content (AvgIpc) is 2.52. The van der Waals surface area contributed by atoms with Gasteiger partial charge in [0.2, 0.25) is 0 Å². The molecule has 14 heavy (non-hydrogen) atoms. The predicted octanol–water partition coefficient (Wildman–Crippen LogP) is 2.31. The van der Waals surface area contributed by atoms with Crippen LogP contribution in [0.25, 0.3) is 0 Å². The summed E-state index contributed by atoms with van der Waals surface area (Å²) in [6.07, 6.45) is 4.81. The molecular weight excluding hydrogens is 178 g/mol. The summed E-state index contributed by atoms with van der Waals surface area (Å²) in [7, 11) is 0. The maximum Gasteiger partial charge on any atom is 0.407 e. The maximum absolute atomic E-state index is 10.9. The summed E-state index contributed by atoms with van der Waals surface area (Å²) in [5.74, 6) is 0.585. The van der Waals surface area contributed by atoms with Crippen molar-refractivity contribution in [1.29, 1.82) is 0 Å². The van der Waals surface area contributed by atoms with E-state index in [0.717, 1.165) is 0 Å². The van der Waals surface area contributed by atoms with E-state index in [-0.39, 0.29) is 12.2 Å². The Morgan fingerprint density at radius 3 is 2.50 bits per heavy atom. The molecular formula is C11H19NO2. The Balaban J connectivity index is 1.86. The number of ether oxygens (including phenoxy) is 1. The van der Waals surface area contributed by atoms with Crippen molar-refractivity contribution in [2.45, 2.75) is 45.6 Å². The van der Waals surface area contributed by atoms with Crippen LogP contribution in [0.5, 0.6) is 0 Å². The Morgan fingerprint density at radius 2 is 2.00 bits per heavy atom. The molecule has 3 nitrogen and oxygen atoms in total. The van der Waals surface area contributed by atoms with Crippen molar-refractivity contribution >= 4 is 6.09 Å². The van der Waals surface area contributed by atoms with Gasteiger partial charge >= 0.3 is 6.09 Å². The molecule has 2 rings (SSSR count). The molecule has 2 fully saturated rings. The zero-order valence-electron chi connectivity index (χ0n) is 9.01. The van der Waals surface area contributed by atoms with Crippen molar-refractivity contribution < 1.29 is 9.53 Å². The fraction of sp³-hybridized carbons (Fsp3) is 0.909. The van der Waals surface area contributed by atoms with Crippen molar-refractivity contribution in [3.63, 3.8) is 0 Å². The highest BCUT2D eigenvalue weighted by molar-refractivity contribution is 5.69. The van der Waals surface area contributed by atoms with E-state index in [1.54, 1.807) is 0 Å². The maximum atomic E-state index is 10.9. The molecule has 3 heteroatoms. The molecule has 1 amide bonds. The van der Waals surface area contributed by atoms with Crippen LogP contribution < -0.4 is 5.32 Å². The average molecular weight is 197 g/mol. The largest absolute Gasteiger partial charge is 0.444 e. The minimum absolute atomic E-state index is 0.138. The van der Waals surface area contributed by atoms with Gasteiger partial charge in [-0.05, 0) is 37.0 Å². The van der Waals surface area contributed by atoms with E-state index in [1.807, 2.05) is 0 Å². The highest BCUT2D eigenvalue weighted by Gasteiger charge is 2.35. The van der Waals surface area contributed by atoms with Gasteiger partial charge < -0.3 is 10.1 Å². The molecule has 1 saturated heterocycles. The van der Waals surface area contributed by atoms with Gasteiger partial charge in [-0.2, -0.15) is 0 Å². The fourth-order valence-electron chi connectivity index (χ4n) is 2.46. The summed E-state index contributed by atoms with van der Waals surface area (Å²) < 4.78 is 5.22. The van der Waals surface area contributed by atoms with Gasteiger partial charge in [0, 0.05) is 0 Å². The lowest BCUT2D eigenvalue weighted by Crippen LogP contribution is -2.31. The lowest BCUT2D eigenvalue weighted by molar-refractivity contribution is 0.0661. The Hall–Kier alpha value is -0.730. The first-order valence-electron chi connectivity index (χ1n) is 5.51. The Labute approximate surface area is 85.2 Å². The third kappa shape index (κ3) is 2.02. The summed E-state index contributed by atoms with van der Waals surface area (Å²) in [6, 6.07) is 0. The second kappa shape index (κ2) is 3.44. The van der Waals surface area contributed by atoms with Gasteiger partial charge in [-0.1, -0.05) is 13.8 Å². The summed E-state index contributed by atoms with van der Waals surface area (Å²) in [6.45, 7) is 5.36. The minimum Gasteiger partial charge on any atom is -0.444 e. The standard InChI is InChI=1S/C11H19NO2/c1-11(2)5-3-8(4-6-11)9-7-12-10(13)14-9/h8-9H,3-7H2,1-2H3,(H,12,13). The first kappa shape index (κ1) is 9.81. The zero-order chi connectivity index (χ0) is 10.2. The Kier molecular flexibility index (Phi) is 2.41. The monoisotopic (exact) mass is 197 g/mol. The van der Waals surface area contributed by atoms with Crippen LogP contribution in [0.1, 0.15) is 39.5 Å². The van der Waals surface area contributed by atoms with Gasteiger partial charge in [0.1, 0.15) is 6.10 Å².